The molecule has 1 N–H and O–H groups in total. The van der Waals surface area contributed by atoms with Crippen LogP contribution in [0.5, 0.6) is 0 Å². The van der Waals surface area contributed by atoms with Gasteiger partial charge in [0.15, 0.2) is 0 Å². The highest BCUT2D eigenvalue weighted by atomic mass is 32.1. The van der Waals surface area contributed by atoms with Crippen molar-refractivity contribution in [2.24, 2.45) is 5.92 Å². The van der Waals surface area contributed by atoms with Gasteiger partial charge in [-0.2, -0.15) is 0 Å². The minimum atomic E-state index is -1.43. The Morgan fingerprint density at radius 3 is 2.46 bits per heavy atom. The number of esters is 2. The van der Waals surface area contributed by atoms with Crippen LogP contribution in [0.15, 0.2) is 6.07 Å². The number of fused-ring (bicyclic) bond motifs is 1. The van der Waals surface area contributed by atoms with E-state index in [1.165, 1.54) is 21.8 Å². The third kappa shape index (κ3) is 4.35. The molecule has 0 bridgehead atoms. The van der Waals surface area contributed by atoms with Crippen LogP contribution in [-0.2, 0) is 31.9 Å². The average Bonchev–Trinajstić information content (AvgIpc) is 2.95. The maximum Gasteiger partial charge on any atom is 0.340 e. The van der Waals surface area contributed by atoms with Crippen LogP contribution >= 0.6 is 11.3 Å². The molecule has 1 aromatic rings. The molecule has 1 aliphatic carbocycles. The smallest absolute Gasteiger partial charge is 0.340 e. The number of carbonyl (C=O) groups excluding carboxylic acids is 3. The number of nitrogens with one attached hydrogen (secondary N) is 1. The van der Waals surface area contributed by atoms with Crippen LogP contribution in [0.2, 0.25) is 0 Å². The molecule has 24 heavy (non-hydrogen) atoms. The summed E-state index contributed by atoms with van der Waals surface area (Å²) >= 11 is 1.42. The molecule has 1 aliphatic rings. The highest BCUT2D eigenvalue weighted by Crippen LogP contribution is 2.32. The van der Waals surface area contributed by atoms with Crippen molar-refractivity contribution in [3.05, 3.63) is 21.4 Å². The summed E-state index contributed by atoms with van der Waals surface area (Å²) in [6.45, 7) is 5.70. The fourth-order valence-corrected chi connectivity index (χ4v) is 3.80. The second-order valence-corrected chi connectivity index (χ2v) is 6.95. The van der Waals surface area contributed by atoms with Gasteiger partial charge in [0, 0.05) is 4.88 Å². The van der Waals surface area contributed by atoms with Crippen molar-refractivity contribution < 1.29 is 23.9 Å². The summed E-state index contributed by atoms with van der Waals surface area (Å²) in [5.74, 6) is -1.46. The first-order chi connectivity index (χ1) is 11.5. The Kier molecular flexibility index (Phi) is 6.36. The lowest BCUT2D eigenvalue weighted by Crippen LogP contribution is -2.48. The van der Waals surface area contributed by atoms with E-state index in [0.29, 0.717) is 10.8 Å². The van der Waals surface area contributed by atoms with Crippen molar-refractivity contribution in [1.82, 2.24) is 5.32 Å². The first-order valence-electron chi connectivity index (χ1n) is 8.21. The van der Waals surface area contributed by atoms with Gasteiger partial charge in [0.1, 0.15) is 0 Å². The van der Waals surface area contributed by atoms with E-state index < -0.39 is 23.9 Å². The van der Waals surface area contributed by atoms with Gasteiger partial charge in [0.05, 0.1) is 18.1 Å². The van der Waals surface area contributed by atoms with E-state index in [9.17, 15) is 14.4 Å². The van der Waals surface area contributed by atoms with E-state index in [2.05, 4.69) is 12.2 Å². The predicted octanol–water partition coefficient (Wildman–Crippen LogP) is 2.10. The fraction of sp³-hybridized carbons (Fsp3) is 0.588. The Morgan fingerprint density at radius 1 is 1.25 bits per heavy atom. The van der Waals surface area contributed by atoms with Crippen LogP contribution < -0.4 is 5.32 Å². The summed E-state index contributed by atoms with van der Waals surface area (Å²) in [7, 11) is 0. The molecule has 6 nitrogen and oxygen atoms in total. The van der Waals surface area contributed by atoms with Crippen molar-refractivity contribution in [2.45, 2.75) is 46.1 Å². The van der Waals surface area contributed by atoms with E-state index in [1.54, 1.807) is 13.8 Å². The number of aryl methyl sites for hydroxylation is 1. The molecule has 0 fully saturated rings. The summed E-state index contributed by atoms with van der Waals surface area (Å²) < 4.78 is 9.71. The minimum Gasteiger partial charge on any atom is -0.464 e. The first-order valence-corrected chi connectivity index (χ1v) is 9.03. The number of amides is 1. The van der Waals surface area contributed by atoms with Gasteiger partial charge in [0.25, 0.3) is 5.91 Å². The Balaban J connectivity index is 2.12. The molecule has 1 heterocycles. The van der Waals surface area contributed by atoms with Gasteiger partial charge in [-0.3, -0.25) is 4.79 Å². The maximum atomic E-state index is 12.5. The quantitative estimate of drug-likeness (QED) is 0.626. The topological polar surface area (TPSA) is 81.7 Å². The highest BCUT2D eigenvalue weighted by Gasteiger charge is 2.32. The van der Waals surface area contributed by atoms with Crippen molar-refractivity contribution >= 4 is 29.2 Å². The van der Waals surface area contributed by atoms with Gasteiger partial charge >= 0.3 is 11.9 Å². The number of hydrogen-bond acceptors (Lipinski definition) is 6. The zero-order chi connectivity index (χ0) is 17.7. The standard InChI is InChI=1S/C17H23NO5S/c1-4-22-16(20)14(17(21)23-5-2)18-15(19)13-9-11-8-10(3)6-7-12(11)24-13/h9-10,14H,4-8H2,1-3H3,(H,18,19). The van der Waals surface area contributed by atoms with E-state index in [4.69, 9.17) is 9.47 Å². The summed E-state index contributed by atoms with van der Waals surface area (Å²) in [6, 6.07) is 0.425. The monoisotopic (exact) mass is 353 g/mol. The largest absolute Gasteiger partial charge is 0.464 e. The molecule has 0 aromatic carbocycles. The molecule has 2 rings (SSSR count). The van der Waals surface area contributed by atoms with Crippen LogP contribution in [-0.4, -0.2) is 37.1 Å². The fourth-order valence-electron chi connectivity index (χ4n) is 2.69. The molecular formula is C17H23NO5S. The molecule has 1 aromatic heterocycles. The zero-order valence-corrected chi connectivity index (χ0v) is 15.0. The Hall–Kier alpha value is -1.89. The molecule has 0 aliphatic heterocycles. The average molecular weight is 353 g/mol. The lowest BCUT2D eigenvalue weighted by molar-refractivity contribution is -0.157. The van der Waals surface area contributed by atoms with Gasteiger partial charge < -0.3 is 14.8 Å². The summed E-state index contributed by atoms with van der Waals surface area (Å²) in [5, 5.41) is 2.45. The third-order valence-electron chi connectivity index (χ3n) is 3.87. The van der Waals surface area contributed by atoms with E-state index >= 15 is 0 Å². The Bertz CT molecular complexity index is 606. The summed E-state index contributed by atoms with van der Waals surface area (Å²) in [4.78, 5) is 38.0. The molecule has 132 valence electrons. The molecular weight excluding hydrogens is 330 g/mol. The van der Waals surface area contributed by atoms with E-state index in [1.807, 2.05) is 6.07 Å². The van der Waals surface area contributed by atoms with Gasteiger partial charge in [-0.1, -0.05) is 6.92 Å². The van der Waals surface area contributed by atoms with Crippen LogP contribution in [0.1, 0.15) is 47.3 Å². The highest BCUT2D eigenvalue weighted by molar-refractivity contribution is 7.14. The minimum absolute atomic E-state index is 0.121. The number of rotatable bonds is 6. The third-order valence-corrected chi connectivity index (χ3v) is 5.11. The second-order valence-electron chi connectivity index (χ2n) is 5.82. The normalized spacial score (nSPS) is 16.4. The van der Waals surface area contributed by atoms with Gasteiger partial charge in [-0.15, -0.1) is 11.3 Å². The summed E-state index contributed by atoms with van der Waals surface area (Å²) in [6.07, 6.45) is 3.04. The lowest BCUT2D eigenvalue weighted by Gasteiger charge is -2.16. The molecule has 0 spiro atoms. The molecule has 1 amide bonds. The van der Waals surface area contributed by atoms with Gasteiger partial charge in [0.2, 0.25) is 6.04 Å². The van der Waals surface area contributed by atoms with E-state index in [-0.39, 0.29) is 13.2 Å². The summed E-state index contributed by atoms with van der Waals surface area (Å²) in [5.41, 5.74) is 1.19. The molecule has 0 radical (unpaired) electrons. The SMILES string of the molecule is CCOC(=O)C(NC(=O)c1cc2c(s1)CCC(C)C2)C(=O)OCC. The van der Waals surface area contributed by atoms with Crippen molar-refractivity contribution in [2.75, 3.05) is 13.2 Å². The molecule has 1 atom stereocenters. The van der Waals surface area contributed by atoms with Gasteiger partial charge in [-0.05, 0) is 50.7 Å². The Morgan fingerprint density at radius 2 is 1.88 bits per heavy atom. The number of carbonyl (C=O) groups is 3. The van der Waals surface area contributed by atoms with Crippen LogP contribution in [0, 0.1) is 5.92 Å². The lowest BCUT2D eigenvalue weighted by atomic mass is 9.90. The molecule has 0 saturated carbocycles. The van der Waals surface area contributed by atoms with Gasteiger partial charge in [-0.25, -0.2) is 9.59 Å². The molecule has 1 unspecified atom stereocenters. The molecule has 7 heteroatoms. The number of thiophene rings is 1. The zero-order valence-electron chi connectivity index (χ0n) is 14.2. The Labute approximate surface area is 145 Å². The van der Waals surface area contributed by atoms with Crippen LogP contribution in [0.3, 0.4) is 0 Å². The maximum absolute atomic E-state index is 12.5. The molecule has 0 saturated heterocycles. The first kappa shape index (κ1) is 18.4. The van der Waals surface area contributed by atoms with Crippen molar-refractivity contribution in [3.8, 4) is 0 Å². The van der Waals surface area contributed by atoms with Crippen molar-refractivity contribution in [1.29, 1.82) is 0 Å². The number of ether oxygens (including phenoxy) is 2. The van der Waals surface area contributed by atoms with Crippen molar-refractivity contribution in [3.63, 3.8) is 0 Å². The number of hydrogen-bond donors (Lipinski definition) is 1. The van der Waals surface area contributed by atoms with Crippen LogP contribution in [0.4, 0.5) is 0 Å². The van der Waals surface area contributed by atoms with Crippen LogP contribution in [0.25, 0.3) is 0 Å². The van der Waals surface area contributed by atoms with E-state index in [0.717, 1.165) is 19.3 Å². The predicted molar refractivity (Wildman–Crippen MR) is 90.0 cm³/mol. The second kappa shape index (κ2) is 8.28.